The molecule has 16 heavy (non-hydrogen) atoms. The molecular formula is C10H19NO4S. The largest absolute Gasteiger partial charge is 0.346 e. The molecule has 94 valence electrons. The van der Waals surface area contributed by atoms with Crippen LogP contribution in [0.1, 0.15) is 27.2 Å². The Kier molecular flexibility index (Phi) is 5.15. The highest BCUT2D eigenvalue weighted by molar-refractivity contribution is 7.86. The van der Waals surface area contributed by atoms with E-state index in [1.54, 1.807) is 20.8 Å². The molecule has 0 fully saturated rings. The molecule has 6 heteroatoms. The van der Waals surface area contributed by atoms with Gasteiger partial charge in [0, 0.05) is 5.57 Å². The molecule has 0 spiro atoms. The van der Waals surface area contributed by atoms with Crippen LogP contribution in [0.5, 0.6) is 0 Å². The summed E-state index contributed by atoms with van der Waals surface area (Å²) < 4.78 is 27.0. The normalized spacial score (nSPS) is 15.2. The molecule has 0 rings (SSSR count). The lowest BCUT2D eigenvalue weighted by Crippen LogP contribution is -2.50. The first-order valence-electron chi connectivity index (χ1n) is 4.92. The molecule has 0 aromatic carbocycles. The van der Waals surface area contributed by atoms with Crippen LogP contribution in [0.15, 0.2) is 12.2 Å². The Labute approximate surface area is 97.0 Å². The maximum absolute atomic E-state index is 11.4. The molecule has 1 N–H and O–H groups in total. The first kappa shape index (κ1) is 15.1. The zero-order chi connectivity index (χ0) is 13.0. The van der Waals surface area contributed by atoms with Gasteiger partial charge in [0.15, 0.2) is 0 Å². The number of nitrogens with one attached hydrogen (secondary N) is 1. The van der Waals surface area contributed by atoms with Crippen LogP contribution in [-0.2, 0) is 19.1 Å². The van der Waals surface area contributed by atoms with Crippen LogP contribution in [0.25, 0.3) is 0 Å². The lowest BCUT2D eigenvalue weighted by atomic mass is 10.0. The summed E-state index contributed by atoms with van der Waals surface area (Å²) in [5, 5.41) is 2.64. The minimum absolute atomic E-state index is 0.258. The van der Waals surface area contributed by atoms with Gasteiger partial charge in [0.2, 0.25) is 5.91 Å². The number of amides is 1. The van der Waals surface area contributed by atoms with Crippen molar-refractivity contribution in [2.45, 2.75) is 32.7 Å². The highest BCUT2D eigenvalue weighted by Gasteiger charge is 2.30. The van der Waals surface area contributed by atoms with Crippen molar-refractivity contribution in [3.63, 3.8) is 0 Å². The van der Waals surface area contributed by atoms with Crippen molar-refractivity contribution in [2.24, 2.45) is 0 Å². The average molecular weight is 249 g/mol. The Balaban J connectivity index is 4.80. The van der Waals surface area contributed by atoms with E-state index in [4.69, 9.17) is 0 Å². The van der Waals surface area contributed by atoms with Crippen molar-refractivity contribution < 1.29 is 17.4 Å². The van der Waals surface area contributed by atoms with E-state index < -0.39 is 15.7 Å². The van der Waals surface area contributed by atoms with Gasteiger partial charge < -0.3 is 5.32 Å². The summed E-state index contributed by atoms with van der Waals surface area (Å²) in [4.78, 5) is 11.4. The smallest absolute Gasteiger partial charge is 0.269 e. The predicted octanol–water partition coefficient (Wildman–Crippen LogP) is 0.824. The van der Waals surface area contributed by atoms with E-state index >= 15 is 0 Å². The topological polar surface area (TPSA) is 72.5 Å². The Morgan fingerprint density at radius 2 is 2.00 bits per heavy atom. The molecular weight excluding hydrogens is 230 g/mol. The van der Waals surface area contributed by atoms with Crippen molar-refractivity contribution in [1.82, 2.24) is 5.32 Å². The Morgan fingerprint density at radius 1 is 1.50 bits per heavy atom. The third kappa shape index (κ3) is 4.76. The number of hydrogen-bond donors (Lipinski definition) is 1. The van der Waals surface area contributed by atoms with E-state index in [1.807, 2.05) is 0 Å². The number of carbonyl (C=O) groups excluding carboxylic acids is 1. The number of rotatable bonds is 6. The minimum Gasteiger partial charge on any atom is -0.346 e. The van der Waals surface area contributed by atoms with Crippen molar-refractivity contribution in [3.8, 4) is 0 Å². The number of hydrogen-bond acceptors (Lipinski definition) is 4. The molecule has 5 nitrogen and oxygen atoms in total. The molecule has 1 unspecified atom stereocenters. The van der Waals surface area contributed by atoms with Crippen LogP contribution in [0, 0.1) is 0 Å². The zero-order valence-corrected chi connectivity index (χ0v) is 11.0. The third-order valence-electron chi connectivity index (χ3n) is 2.33. The van der Waals surface area contributed by atoms with E-state index in [0.29, 0.717) is 12.0 Å². The molecule has 0 aliphatic heterocycles. The molecule has 0 aromatic rings. The fraction of sp³-hybridized carbons (Fsp3) is 0.700. The van der Waals surface area contributed by atoms with E-state index in [2.05, 4.69) is 16.1 Å². The summed E-state index contributed by atoms with van der Waals surface area (Å²) in [5.74, 6) is -0.609. The van der Waals surface area contributed by atoms with E-state index in [-0.39, 0.29) is 11.7 Å². The summed E-state index contributed by atoms with van der Waals surface area (Å²) in [7, 11) is -2.50. The molecule has 0 radical (unpaired) electrons. The Bertz CT molecular complexity index is 374. The van der Waals surface area contributed by atoms with Crippen molar-refractivity contribution in [3.05, 3.63) is 12.2 Å². The Morgan fingerprint density at radius 3 is 2.31 bits per heavy atom. The van der Waals surface area contributed by atoms with Crippen LogP contribution in [0.4, 0.5) is 0 Å². The molecule has 0 saturated heterocycles. The predicted molar refractivity (Wildman–Crippen MR) is 62.4 cm³/mol. The maximum Gasteiger partial charge on any atom is 0.269 e. The van der Waals surface area contributed by atoms with Crippen LogP contribution >= 0.6 is 0 Å². The molecule has 1 atom stereocenters. The molecule has 0 bridgehead atoms. The first-order valence-corrected chi connectivity index (χ1v) is 6.50. The summed E-state index contributed by atoms with van der Waals surface area (Å²) in [6.07, 6.45) is 0.481. The Hall–Kier alpha value is -0.880. The van der Waals surface area contributed by atoms with Gasteiger partial charge in [-0.25, -0.2) is 0 Å². The van der Waals surface area contributed by atoms with Gasteiger partial charge in [0.25, 0.3) is 10.1 Å². The van der Waals surface area contributed by atoms with Crippen LogP contribution in [-0.4, -0.2) is 32.7 Å². The lowest BCUT2D eigenvalue weighted by molar-refractivity contribution is -0.118. The van der Waals surface area contributed by atoms with Gasteiger partial charge in [-0.3, -0.25) is 8.98 Å². The fourth-order valence-corrected chi connectivity index (χ4v) is 2.23. The SMILES string of the molecule is C=C(C)C(=O)NC(C)(CC)CS(=O)(=O)OC. The highest BCUT2D eigenvalue weighted by Crippen LogP contribution is 2.14. The molecule has 1 amide bonds. The first-order chi connectivity index (χ1) is 7.16. The maximum atomic E-state index is 11.4. The fourth-order valence-electron chi connectivity index (χ4n) is 1.06. The van der Waals surface area contributed by atoms with Gasteiger partial charge in [-0.05, 0) is 20.3 Å². The van der Waals surface area contributed by atoms with E-state index in [0.717, 1.165) is 7.11 Å². The summed E-state index contributed by atoms with van der Waals surface area (Å²) in [6, 6.07) is 0. The van der Waals surface area contributed by atoms with Gasteiger partial charge in [-0.2, -0.15) is 8.42 Å². The summed E-state index contributed by atoms with van der Waals surface area (Å²) in [5.41, 5.74) is -0.500. The van der Waals surface area contributed by atoms with Gasteiger partial charge in [0.1, 0.15) is 0 Å². The highest BCUT2D eigenvalue weighted by atomic mass is 32.2. The summed E-state index contributed by atoms with van der Waals surface area (Å²) in [6.45, 7) is 8.52. The average Bonchev–Trinajstić information content (AvgIpc) is 2.16. The van der Waals surface area contributed by atoms with Crippen molar-refractivity contribution in [1.29, 1.82) is 0 Å². The molecule has 0 saturated carbocycles. The molecule has 0 aromatic heterocycles. The zero-order valence-electron chi connectivity index (χ0n) is 10.2. The minimum atomic E-state index is -3.60. The second-order valence-corrected chi connectivity index (χ2v) is 5.75. The molecule has 0 heterocycles. The standard InChI is InChI=1S/C10H19NO4S/c1-6-10(4,7-16(13,14)15-5)11-9(12)8(2)3/h2,6-7H2,1,3-5H3,(H,11,12). The van der Waals surface area contributed by atoms with Gasteiger partial charge in [-0.15, -0.1) is 0 Å². The van der Waals surface area contributed by atoms with Gasteiger partial charge >= 0.3 is 0 Å². The molecule has 0 aliphatic carbocycles. The van der Waals surface area contributed by atoms with Crippen molar-refractivity contribution >= 4 is 16.0 Å². The van der Waals surface area contributed by atoms with Gasteiger partial charge in [0.05, 0.1) is 18.4 Å². The lowest BCUT2D eigenvalue weighted by Gasteiger charge is -2.28. The third-order valence-corrected chi connectivity index (χ3v) is 3.83. The quantitative estimate of drug-likeness (QED) is 0.559. The van der Waals surface area contributed by atoms with Crippen LogP contribution < -0.4 is 5.32 Å². The monoisotopic (exact) mass is 249 g/mol. The summed E-state index contributed by atoms with van der Waals surface area (Å²) >= 11 is 0. The van der Waals surface area contributed by atoms with E-state index in [1.165, 1.54) is 0 Å². The van der Waals surface area contributed by atoms with Gasteiger partial charge in [-0.1, -0.05) is 13.5 Å². The molecule has 0 aliphatic rings. The van der Waals surface area contributed by atoms with E-state index in [9.17, 15) is 13.2 Å². The van der Waals surface area contributed by atoms with Crippen molar-refractivity contribution in [2.75, 3.05) is 12.9 Å². The van der Waals surface area contributed by atoms with Crippen LogP contribution in [0.3, 0.4) is 0 Å². The second kappa shape index (κ2) is 5.45. The van der Waals surface area contributed by atoms with Crippen LogP contribution in [0.2, 0.25) is 0 Å². The number of carbonyl (C=O) groups is 1. The second-order valence-electron chi connectivity index (χ2n) is 4.02.